The van der Waals surface area contributed by atoms with Crippen molar-refractivity contribution in [2.75, 3.05) is 20.2 Å². The highest BCUT2D eigenvalue weighted by Gasteiger charge is 2.32. The van der Waals surface area contributed by atoms with E-state index in [-0.39, 0.29) is 12.1 Å². The second-order valence-corrected chi connectivity index (χ2v) is 5.65. The molecule has 1 aromatic rings. The van der Waals surface area contributed by atoms with Crippen molar-refractivity contribution in [3.05, 3.63) is 29.8 Å². The molecule has 0 amide bonds. The Morgan fingerprint density at radius 1 is 1.42 bits per heavy atom. The van der Waals surface area contributed by atoms with Gasteiger partial charge in [0.25, 0.3) is 0 Å². The van der Waals surface area contributed by atoms with Crippen LogP contribution >= 0.6 is 0 Å². The SMILES string of the molecule is CCC(N)C(c1ccccc1OC)N1CCC(C)C1. The lowest BCUT2D eigenvalue weighted by molar-refractivity contribution is 0.199. The summed E-state index contributed by atoms with van der Waals surface area (Å²) in [5.41, 5.74) is 7.63. The molecule has 3 nitrogen and oxygen atoms in total. The third-order valence-electron chi connectivity index (χ3n) is 4.18. The molecule has 19 heavy (non-hydrogen) atoms. The number of ether oxygens (including phenoxy) is 1. The zero-order chi connectivity index (χ0) is 13.8. The number of rotatable bonds is 5. The van der Waals surface area contributed by atoms with Crippen molar-refractivity contribution >= 4 is 0 Å². The minimum Gasteiger partial charge on any atom is -0.496 e. The largest absolute Gasteiger partial charge is 0.496 e. The lowest BCUT2D eigenvalue weighted by Crippen LogP contribution is -2.40. The average Bonchev–Trinajstić information content (AvgIpc) is 2.85. The normalized spacial score (nSPS) is 23.3. The summed E-state index contributed by atoms with van der Waals surface area (Å²) >= 11 is 0. The summed E-state index contributed by atoms with van der Waals surface area (Å²) in [6, 6.07) is 8.70. The minimum atomic E-state index is 0.154. The van der Waals surface area contributed by atoms with Crippen LogP contribution in [0.2, 0.25) is 0 Å². The van der Waals surface area contributed by atoms with Crippen molar-refractivity contribution < 1.29 is 4.74 Å². The predicted octanol–water partition coefficient (Wildman–Crippen LogP) is 2.82. The van der Waals surface area contributed by atoms with Gasteiger partial charge in [0.05, 0.1) is 13.2 Å². The zero-order valence-corrected chi connectivity index (χ0v) is 12.3. The van der Waals surface area contributed by atoms with Crippen molar-refractivity contribution in [2.45, 2.75) is 38.8 Å². The van der Waals surface area contributed by atoms with Crippen molar-refractivity contribution in [3.8, 4) is 5.75 Å². The highest BCUT2D eigenvalue weighted by molar-refractivity contribution is 5.37. The number of likely N-dealkylation sites (tertiary alicyclic amines) is 1. The summed E-state index contributed by atoms with van der Waals surface area (Å²) in [6.07, 6.45) is 2.25. The number of methoxy groups -OCH3 is 1. The van der Waals surface area contributed by atoms with Gasteiger partial charge in [-0.1, -0.05) is 32.0 Å². The Labute approximate surface area is 116 Å². The maximum atomic E-state index is 6.40. The molecule has 106 valence electrons. The van der Waals surface area contributed by atoms with Gasteiger partial charge in [0.1, 0.15) is 5.75 Å². The van der Waals surface area contributed by atoms with E-state index in [1.165, 1.54) is 12.0 Å². The van der Waals surface area contributed by atoms with E-state index in [1.54, 1.807) is 7.11 Å². The quantitative estimate of drug-likeness (QED) is 0.887. The summed E-state index contributed by atoms with van der Waals surface area (Å²) in [5, 5.41) is 0. The van der Waals surface area contributed by atoms with Gasteiger partial charge in [-0.3, -0.25) is 4.90 Å². The molecule has 1 aliphatic rings. The molecule has 1 fully saturated rings. The number of benzene rings is 1. The standard InChI is InChI=1S/C16H26N2O/c1-4-14(17)16(18-10-9-12(2)11-18)13-7-5-6-8-15(13)19-3/h5-8,12,14,16H,4,9-11,17H2,1-3H3. The third kappa shape index (κ3) is 3.10. The first-order chi connectivity index (χ1) is 9.17. The van der Waals surface area contributed by atoms with Crippen LogP contribution in [0.15, 0.2) is 24.3 Å². The summed E-state index contributed by atoms with van der Waals surface area (Å²) < 4.78 is 5.53. The number of hydrogen-bond donors (Lipinski definition) is 1. The number of nitrogens with two attached hydrogens (primary N) is 1. The topological polar surface area (TPSA) is 38.5 Å². The first kappa shape index (κ1) is 14.4. The Bertz CT molecular complexity index is 407. The van der Waals surface area contributed by atoms with Crippen molar-refractivity contribution in [3.63, 3.8) is 0 Å². The van der Waals surface area contributed by atoms with Gasteiger partial charge in [-0.05, 0) is 31.4 Å². The Kier molecular flexibility index (Phi) is 4.83. The Hall–Kier alpha value is -1.06. The Morgan fingerprint density at radius 3 is 2.74 bits per heavy atom. The van der Waals surface area contributed by atoms with Crippen LogP contribution in [0.25, 0.3) is 0 Å². The van der Waals surface area contributed by atoms with E-state index < -0.39 is 0 Å². The maximum Gasteiger partial charge on any atom is 0.123 e. The molecule has 0 radical (unpaired) electrons. The molecule has 3 atom stereocenters. The van der Waals surface area contributed by atoms with Gasteiger partial charge in [0, 0.05) is 18.2 Å². The fourth-order valence-corrected chi connectivity index (χ4v) is 3.05. The van der Waals surface area contributed by atoms with E-state index in [4.69, 9.17) is 10.5 Å². The number of para-hydroxylation sites is 1. The monoisotopic (exact) mass is 262 g/mol. The molecule has 0 spiro atoms. The molecule has 1 aliphatic heterocycles. The van der Waals surface area contributed by atoms with Gasteiger partial charge in [-0.25, -0.2) is 0 Å². The van der Waals surface area contributed by atoms with Gasteiger partial charge >= 0.3 is 0 Å². The van der Waals surface area contributed by atoms with Gasteiger partial charge in [0.15, 0.2) is 0 Å². The van der Waals surface area contributed by atoms with Crippen LogP contribution in [-0.2, 0) is 0 Å². The molecule has 0 aliphatic carbocycles. The number of hydrogen-bond acceptors (Lipinski definition) is 3. The van der Waals surface area contributed by atoms with Crippen LogP contribution < -0.4 is 10.5 Å². The molecule has 0 aromatic heterocycles. The molecule has 0 saturated carbocycles. The highest BCUT2D eigenvalue weighted by Crippen LogP contribution is 2.35. The fourth-order valence-electron chi connectivity index (χ4n) is 3.05. The smallest absolute Gasteiger partial charge is 0.123 e. The first-order valence-corrected chi connectivity index (χ1v) is 7.29. The Morgan fingerprint density at radius 2 is 2.16 bits per heavy atom. The summed E-state index contributed by atoms with van der Waals surface area (Å²) in [7, 11) is 1.74. The summed E-state index contributed by atoms with van der Waals surface area (Å²) in [5.74, 6) is 1.72. The van der Waals surface area contributed by atoms with Crippen LogP contribution in [0.1, 0.15) is 38.3 Å². The van der Waals surface area contributed by atoms with Gasteiger partial charge in [0.2, 0.25) is 0 Å². The lowest BCUT2D eigenvalue weighted by atomic mass is 9.95. The third-order valence-corrected chi connectivity index (χ3v) is 4.18. The molecule has 2 N–H and O–H groups in total. The molecule has 3 heteroatoms. The number of nitrogens with zero attached hydrogens (tertiary/aromatic N) is 1. The predicted molar refractivity (Wildman–Crippen MR) is 79.4 cm³/mol. The molecule has 1 heterocycles. The summed E-state index contributed by atoms with van der Waals surface area (Å²) in [6.45, 7) is 6.75. The molecule has 3 unspecified atom stereocenters. The van der Waals surface area contributed by atoms with Crippen molar-refractivity contribution in [2.24, 2.45) is 11.7 Å². The first-order valence-electron chi connectivity index (χ1n) is 7.29. The molecular weight excluding hydrogens is 236 g/mol. The maximum absolute atomic E-state index is 6.40. The second-order valence-electron chi connectivity index (χ2n) is 5.65. The van der Waals surface area contributed by atoms with Gasteiger partial charge in [-0.15, -0.1) is 0 Å². The van der Waals surface area contributed by atoms with Crippen LogP contribution in [-0.4, -0.2) is 31.1 Å². The lowest BCUT2D eigenvalue weighted by Gasteiger charge is -2.33. The fraction of sp³-hybridized carbons (Fsp3) is 0.625. The van der Waals surface area contributed by atoms with Gasteiger partial charge in [-0.2, -0.15) is 0 Å². The Balaban J connectivity index is 2.31. The molecular formula is C16H26N2O. The average molecular weight is 262 g/mol. The van der Waals surface area contributed by atoms with E-state index >= 15 is 0 Å². The van der Waals surface area contributed by atoms with Crippen LogP contribution in [0.4, 0.5) is 0 Å². The van der Waals surface area contributed by atoms with Crippen LogP contribution in [0.5, 0.6) is 5.75 Å². The van der Waals surface area contributed by atoms with Gasteiger partial charge < -0.3 is 10.5 Å². The van der Waals surface area contributed by atoms with Crippen molar-refractivity contribution in [1.82, 2.24) is 4.90 Å². The highest BCUT2D eigenvalue weighted by atomic mass is 16.5. The minimum absolute atomic E-state index is 0.154. The van der Waals surface area contributed by atoms with Crippen LogP contribution in [0, 0.1) is 5.92 Å². The molecule has 0 bridgehead atoms. The van der Waals surface area contributed by atoms with Crippen molar-refractivity contribution in [1.29, 1.82) is 0 Å². The molecule has 1 aromatic carbocycles. The zero-order valence-electron chi connectivity index (χ0n) is 12.3. The molecule has 1 saturated heterocycles. The van der Waals surface area contributed by atoms with E-state index in [2.05, 4.69) is 30.9 Å². The van der Waals surface area contributed by atoms with E-state index in [1.807, 2.05) is 12.1 Å². The van der Waals surface area contributed by atoms with E-state index in [0.717, 1.165) is 31.2 Å². The van der Waals surface area contributed by atoms with E-state index in [9.17, 15) is 0 Å². The van der Waals surface area contributed by atoms with Crippen LogP contribution in [0.3, 0.4) is 0 Å². The molecule has 2 rings (SSSR count). The van der Waals surface area contributed by atoms with E-state index in [0.29, 0.717) is 0 Å². The summed E-state index contributed by atoms with van der Waals surface area (Å²) in [4.78, 5) is 2.52. The second kappa shape index (κ2) is 6.40.